The highest BCUT2D eigenvalue weighted by molar-refractivity contribution is 6.42. The Bertz CT molecular complexity index is 1070. The summed E-state index contributed by atoms with van der Waals surface area (Å²) < 4.78 is 0. The van der Waals surface area contributed by atoms with Crippen LogP contribution in [0.1, 0.15) is 43.0 Å². The van der Waals surface area contributed by atoms with E-state index in [-0.39, 0.29) is 21.2 Å². The Morgan fingerprint density at radius 2 is 1.00 bits per heavy atom. The van der Waals surface area contributed by atoms with Gasteiger partial charge in [-0.2, -0.15) is 0 Å². The van der Waals surface area contributed by atoms with Gasteiger partial charge in [0.2, 0.25) is 0 Å². The van der Waals surface area contributed by atoms with Gasteiger partial charge in [-0.3, -0.25) is 9.59 Å². The SMILES string of the molecule is Cc1ccc(NC(=O)c2cc(Cl)c(Cl)cc2C(=O)Nc2ccc(C)cc2C)c(C)c1. The second-order valence-corrected chi connectivity index (χ2v) is 8.17. The van der Waals surface area contributed by atoms with Gasteiger partial charge in [0.1, 0.15) is 0 Å². The van der Waals surface area contributed by atoms with Crippen molar-refractivity contribution < 1.29 is 9.59 Å². The van der Waals surface area contributed by atoms with Crippen molar-refractivity contribution in [2.45, 2.75) is 27.7 Å². The minimum absolute atomic E-state index is 0.145. The summed E-state index contributed by atoms with van der Waals surface area (Å²) in [6, 6.07) is 14.2. The average Bonchev–Trinajstić information content (AvgIpc) is 2.67. The second kappa shape index (κ2) is 8.90. The third-order valence-corrected chi connectivity index (χ3v) is 5.53. The maximum atomic E-state index is 13.0. The molecule has 0 radical (unpaired) electrons. The minimum atomic E-state index is -0.439. The van der Waals surface area contributed by atoms with Crippen LogP contribution in [0.25, 0.3) is 0 Å². The van der Waals surface area contributed by atoms with Crippen LogP contribution in [-0.2, 0) is 0 Å². The number of anilines is 2. The maximum absolute atomic E-state index is 13.0. The van der Waals surface area contributed by atoms with Gasteiger partial charge in [-0.1, -0.05) is 58.6 Å². The molecular weight excluding hydrogens is 419 g/mol. The lowest BCUT2D eigenvalue weighted by atomic mass is 10.0. The Morgan fingerprint density at radius 1 is 0.633 bits per heavy atom. The number of halogens is 2. The molecule has 3 rings (SSSR count). The number of hydrogen-bond donors (Lipinski definition) is 2. The molecule has 0 aromatic heterocycles. The lowest BCUT2D eigenvalue weighted by molar-refractivity contribution is 0.0990. The van der Waals surface area contributed by atoms with Crippen molar-refractivity contribution in [1.82, 2.24) is 0 Å². The summed E-state index contributed by atoms with van der Waals surface area (Å²) in [6.07, 6.45) is 0. The van der Waals surface area contributed by atoms with Gasteiger partial charge in [0.05, 0.1) is 21.2 Å². The van der Waals surface area contributed by atoms with Gasteiger partial charge in [-0.25, -0.2) is 0 Å². The fourth-order valence-corrected chi connectivity index (χ4v) is 3.54. The van der Waals surface area contributed by atoms with E-state index in [0.29, 0.717) is 11.4 Å². The molecule has 3 aromatic rings. The van der Waals surface area contributed by atoms with Crippen LogP contribution in [0.4, 0.5) is 11.4 Å². The Kier molecular flexibility index (Phi) is 6.49. The summed E-state index contributed by atoms with van der Waals surface area (Å²) in [7, 11) is 0. The van der Waals surface area contributed by atoms with Gasteiger partial charge in [0.15, 0.2) is 0 Å². The number of aryl methyl sites for hydroxylation is 4. The van der Waals surface area contributed by atoms with E-state index in [1.165, 1.54) is 12.1 Å². The number of benzene rings is 3. The van der Waals surface area contributed by atoms with Gasteiger partial charge in [-0.15, -0.1) is 0 Å². The number of amides is 2. The zero-order valence-corrected chi connectivity index (χ0v) is 18.7. The standard InChI is InChI=1S/C24H22Cl2N2O2/c1-13-5-7-21(15(3)9-13)27-23(29)17-11-19(25)20(26)12-18(17)24(30)28-22-8-6-14(2)10-16(22)4/h5-12H,1-4H3,(H,27,29)(H,28,30). The van der Waals surface area contributed by atoms with Crippen LogP contribution in [-0.4, -0.2) is 11.8 Å². The van der Waals surface area contributed by atoms with E-state index in [9.17, 15) is 9.59 Å². The summed E-state index contributed by atoms with van der Waals surface area (Å²) in [6.45, 7) is 7.77. The molecule has 0 saturated heterocycles. The topological polar surface area (TPSA) is 58.2 Å². The monoisotopic (exact) mass is 440 g/mol. The third-order valence-electron chi connectivity index (χ3n) is 4.81. The smallest absolute Gasteiger partial charge is 0.256 e. The number of carbonyl (C=O) groups excluding carboxylic acids is 2. The minimum Gasteiger partial charge on any atom is -0.322 e. The van der Waals surface area contributed by atoms with Crippen molar-refractivity contribution in [2.24, 2.45) is 0 Å². The molecule has 2 amide bonds. The largest absolute Gasteiger partial charge is 0.322 e. The van der Waals surface area contributed by atoms with E-state index in [0.717, 1.165) is 22.3 Å². The third kappa shape index (κ3) is 4.84. The van der Waals surface area contributed by atoms with Crippen LogP contribution >= 0.6 is 23.2 Å². The van der Waals surface area contributed by atoms with Crippen molar-refractivity contribution in [1.29, 1.82) is 0 Å². The second-order valence-electron chi connectivity index (χ2n) is 7.36. The van der Waals surface area contributed by atoms with Gasteiger partial charge >= 0.3 is 0 Å². The fourth-order valence-electron chi connectivity index (χ4n) is 3.21. The quantitative estimate of drug-likeness (QED) is 0.472. The van der Waals surface area contributed by atoms with Gasteiger partial charge in [-0.05, 0) is 63.1 Å². The number of rotatable bonds is 4. The molecule has 0 fully saturated rings. The molecule has 0 aliphatic heterocycles. The number of hydrogen-bond acceptors (Lipinski definition) is 2. The summed E-state index contributed by atoms with van der Waals surface area (Å²) in [4.78, 5) is 26.0. The van der Waals surface area contributed by atoms with Crippen molar-refractivity contribution in [3.63, 3.8) is 0 Å². The zero-order chi connectivity index (χ0) is 22.0. The predicted octanol–water partition coefficient (Wildman–Crippen LogP) is 6.73. The molecule has 4 nitrogen and oxygen atoms in total. The van der Waals surface area contributed by atoms with Crippen LogP contribution in [0, 0.1) is 27.7 Å². The summed E-state index contributed by atoms with van der Waals surface area (Å²) in [5.74, 6) is -0.877. The Morgan fingerprint density at radius 3 is 1.33 bits per heavy atom. The highest BCUT2D eigenvalue weighted by Gasteiger charge is 2.21. The fraction of sp³-hybridized carbons (Fsp3) is 0.167. The first-order valence-corrected chi connectivity index (χ1v) is 10.2. The molecule has 0 saturated carbocycles. The van der Waals surface area contributed by atoms with E-state index >= 15 is 0 Å². The van der Waals surface area contributed by atoms with E-state index in [1.54, 1.807) is 0 Å². The lowest BCUT2D eigenvalue weighted by Crippen LogP contribution is -2.21. The van der Waals surface area contributed by atoms with E-state index in [1.807, 2.05) is 64.1 Å². The van der Waals surface area contributed by atoms with Crippen LogP contribution < -0.4 is 10.6 Å². The van der Waals surface area contributed by atoms with E-state index in [2.05, 4.69) is 10.6 Å². The maximum Gasteiger partial charge on any atom is 0.256 e. The number of nitrogens with one attached hydrogen (secondary N) is 2. The van der Waals surface area contributed by atoms with Gasteiger partial charge in [0.25, 0.3) is 11.8 Å². The normalized spacial score (nSPS) is 10.6. The average molecular weight is 441 g/mol. The molecule has 0 bridgehead atoms. The van der Waals surface area contributed by atoms with E-state index in [4.69, 9.17) is 23.2 Å². The molecule has 0 heterocycles. The van der Waals surface area contributed by atoms with Crippen LogP contribution in [0.3, 0.4) is 0 Å². The summed E-state index contributed by atoms with van der Waals surface area (Å²) in [5.41, 5.74) is 5.64. The van der Waals surface area contributed by atoms with Crippen molar-refractivity contribution in [3.05, 3.63) is 92.0 Å². The molecule has 2 N–H and O–H groups in total. The molecule has 0 aliphatic rings. The first-order chi connectivity index (χ1) is 14.2. The van der Waals surface area contributed by atoms with Crippen molar-refractivity contribution in [3.8, 4) is 0 Å². The molecule has 0 spiro atoms. The Hall–Kier alpha value is -2.82. The Labute approximate surface area is 186 Å². The molecule has 3 aromatic carbocycles. The summed E-state index contributed by atoms with van der Waals surface area (Å²) in [5, 5.41) is 6.11. The molecule has 6 heteroatoms. The van der Waals surface area contributed by atoms with Crippen molar-refractivity contribution >= 4 is 46.4 Å². The zero-order valence-electron chi connectivity index (χ0n) is 17.2. The first kappa shape index (κ1) is 21.9. The predicted molar refractivity (Wildman–Crippen MR) is 124 cm³/mol. The van der Waals surface area contributed by atoms with Crippen LogP contribution in [0.2, 0.25) is 10.0 Å². The molecular formula is C24H22Cl2N2O2. The van der Waals surface area contributed by atoms with Gasteiger partial charge < -0.3 is 10.6 Å². The Balaban J connectivity index is 1.95. The number of carbonyl (C=O) groups is 2. The van der Waals surface area contributed by atoms with E-state index < -0.39 is 11.8 Å². The molecule has 30 heavy (non-hydrogen) atoms. The summed E-state index contributed by atoms with van der Waals surface area (Å²) >= 11 is 12.3. The highest BCUT2D eigenvalue weighted by Crippen LogP contribution is 2.28. The lowest BCUT2D eigenvalue weighted by Gasteiger charge is -2.14. The first-order valence-electron chi connectivity index (χ1n) is 9.42. The van der Waals surface area contributed by atoms with Crippen molar-refractivity contribution in [2.75, 3.05) is 10.6 Å². The molecule has 0 aliphatic carbocycles. The van der Waals surface area contributed by atoms with Crippen LogP contribution in [0.15, 0.2) is 48.5 Å². The molecule has 0 atom stereocenters. The van der Waals surface area contributed by atoms with Crippen LogP contribution in [0.5, 0.6) is 0 Å². The molecule has 154 valence electrons. The molecule has 0 unspecified atom stereocenters. The highest BCUT2D eigenvalue weighted by atomic mass is 35.5. The van der Waals surface area contributed by atoms with Gasteiger partial charge in [0, 0.05) is 11.4 Å².